The lowest BCUT2D eigenvalue weighted by atomic mass is 10.00. The maximum Gasteiger partial charge on any atom is 0.231 e. The fraction of sp³-hybridized carbons (Fsp3) is 0.333. The van der Waals surface area contributed by atoms with Crippen molar-refractivity contribution in [3.05, 3.63) is 382 Å². The van der Waals surface area contributed by atoms with E-state index in [-0.39, 0.29) is 62.6 Å². The second-order valence-electron chi connectivity index (χ2n) is 30.8. The summed E-state index contributed by atoms with van der Waals surface area (Å²) in [5, 5.41) is 0. The van der Waals surface area contributed by atoms with Crippen LogP contribution in [0, 0.1) is 0 Å². The Morgan fingerprint density at radius 2 is 0.565 bits per heavy atom. The minimum atomic E-state index is -2.75. The van der Waals surface area contributed by atoms with Crippen molar-refractivity contribution in [3.8, 4) is 46.0 Å². The fourth-order valence-electron chi connectivity index (χ4n) is 16.0. The summed E-state index contributed by atoms with van der Waals surface area (Å²) in [6, 6.07) is 47.4. The van der Waals surface area contributed by atoms with Gasteiger partial charge in [0, 0.05) is 57.8 Å². The van der Waals surface area contributed by atoms with Gasteiger partial charge in [-0.15, -0.1) is 0 Å². The van der Waals surface area contributed by atoms with Crippen molar-refractivity contribution < 1.29 is 98.0 Å². The number of benzene rings is 12. The molecule has 16 heteroatoms. The highest BCUT2D eigenvalue weighted by Crippen LogP contribution is 2.40. The summed E-state index contributed by atoms with van der Waals surface area (Å²) in [6.07, 6.45) is -3.16. The summed E-state index contributed by atoms with van der Waals surface area (Å²) in [6.45, 7) is 2.59. The molecule has 16 nitrogen and oxygen atoms in total. The molecule has 8 aliphatic heterocycles. The SMILES string of the molecule is [2H]C([2H])(CN1CCC[C@@H](OC(c2ccccc2)c2ccccc2)C1)c1ccc2c(c1)OCO2.[2H]C1([2H])Oc2ccc(C([2H])([2H])CN3CCC[C@@H](OC(c4ccccc4)c4ccccc4)C3)cc2O1.[2H]c1c([2H])c([2H])c(C([2H])(O[C@@H]2CCCN(CCc3ccc4c(c3)OC([2H])([2H])O4)C2)c2c([2H])c([2H])c([2H])c([2H])c2[2H])c([2H])c1[2H].[2H]c1c([2H])c([2H])c(C([2H])(O[C@@H]2CCCN(CCc3ccc4c(c3)OCO4)C2)c2c([2H])c([2H])c([2H])c([2H])c2[2H])c([2H])c1[2H]. The number of hydrogen-bond donors (Lipinski definition) is 0. The van der Waals surface area contributed by atoms with Crippen LogP contribution in [0.1, 0.15) is 184 Å². The molecule has 4 atom stereocenters. The van der Waals surface area contributed by atoms with Crippen LogP contribution in [0.2, 0.25) is 0 Å². The zero-order chi connectivity index (χ0) is 110. The van der Waals surface area contributed by atoms with Crippen molar-refractivity contribution in [2.45, 2.75) is 126 Å². The van der Waals surface area contributed by atoms with Gasteiger partial charge < -0.3 is 76.4 Å². The number of ether oxygens (including phenoxy) is 12. The Balaban J connectivity index is 0.000000140. The molecule has 0 aliphatic carbocycles. The predicted molar refractivity (Wildman–Crippen MR) is 486 cm³/mol. The van der Waals surface area contributed by atoms with E-state index >= 15 is 0 Å². The first-order valence-electron chi connectivity index (χ1n) is 57.2. The third-order valence-electron chi connectivity index (χ3n) is 22.2. The first-order chi connectivity index (χ1) is 73.3. The van der Waals surface area contributed by atoms with E-state index in [0.717, 1.165) is 78.7 Å². The van der Waals surface area contributed by atoms with Crippen LogP contribution in [0.25, 0.3) is 0 Å². The summed E-state index contributed by atoms with van der Waals surface area (Å²) >= 11 is 0. The van der Waals surface area contributed by atoms with Gasteiger partial charge in [-0.2, -0.15) is 0 Å². The van der Waals surface area contributed by atoms with Gasteiger partial charge in [-0.1, -0.05) is 266 Å². The van der Waals surface area contributed by atoms with E-state index in [0.29, 0.717) is 130 Å². The zero-order valence-electron chi connectivity index (χ0n) is 98.6. The molecular weight excluding hydrogens is 1550 g/mol. The average molecular weight is 1690 g/mol. The minimum Gasteiger partial charge on any atom is -0.454 e. The fourth-order valence-corrected chi connectivity index (χ4v) is 16.0. The molecule has 0 radical (unpaired) electrons. The lowest BCUT2D eigenvalue weighted by Gasteiger charge is -2.35. The molecule has 0 unspecified atom stereocenters. The molecule has 0 amide bonds. The molecule has 0 aromatic heterocycles. The number of likely N-dealkylation sites (tertiary alicyclic amines) is 4. The predicted octanol–water partition coefficient (Wildman–Crippen LogP) is 20.9. The molecule has 12 aromatic carbocycles. The van der Waals surface area contributed by atoms with E-state index in [2.05, 4.69) is 63.2 Å². The van der Waals surface area contributed by atoms with E-state index < -0.39 is 194 Å². The van der Waals surface area contributed by atoms with Crippen molar-refractivity contribution in [2.24, 2.45) is 0 Å². The van der Waals surface area contributed by atoms with Gasteiger partial charge in [0.25, 0.3) is 0 Å². The van der Waals surface area contributed by atoms with Crippen LogP contribution in [-0.2, 0) is 44.5 Å². The largest absolute Gasteiger partial charge is 0.454 e. The first kappa shape index (κ1) is 55.8. The molecule has 124 heavy (non-hydrogen) atoms. The van der Waals surface area contributed by atoms with Crippen LogP contribution >= 0.6 is 0 Å². The average Bonchev–Trinajstić information content (AvgIpc) is 0.739. The second-order valence-corrected chi connectivity index (χ2v) is 30.8. The monoisotopic (exact) mass is 1690 g/mol. The molecule has 0 bridgehead atoms. The highest BCUT2D eigenvalue weighted by molar-refractivity contribution is 5.48. The Bertz CT molecular complexity index is 6700. The highest BCUT2D eigenvalue weighted by Gasteiger charge is 2.32. The van der Waals surface area contributed by atoms with Gasteiger partial charge >= 0.3 is 0 Å². The Morgan fingerprint density at radius 1 is 0.298 bits per heavy atom. The summed E-state index contributed by atoms with van der Waals surface area (Å²) in [4.78, 5) is 8.46. The number of fused-ring (bicyclic) bond motifs is 4. The number of rotatable bonds is 28. The molecule has 8 heterocycles. The van der Waals surface area contributed by atoms with E-state index in [4.69, 9.17) is 95.2 Å². The molecular formula is C108H116N4O12. The molecule has 4 saturated heterocycles. The molecule has 0 spiro atoms. The van der Waals surface area contributed by atoms with Gasteiger partial charge in [-0.05, 0) is 218 Å². The van der Waals surface area contributed by atoms with Gasteiger partial charge in [-0.3, -0.25) is 0 Å². The molecule has 8 aliphatic rings. The van der Waals surface area contributed by atoms with Gasteiger partial charge in [0.05, 0.1) is 54.6 Å². The van der Waals surface area contributed by atoms with Crippen molar-refractivity contribution in [2.75, 3.05) is 106 Å². The summed E-state index contributed by atoms with van der Waals surface area (Å²) in [7, 11) is 0. The highest BCUT2D eigenvalue weighted by atomic mass is 16.7. The van der Waals surface area contributed by atoms with Crippen molar-refractivity contribution in [1.82, 2.24) is 19.6 Å². The molecule has 20 rings (SSSR count). The lowest BCUT2D eigenvalue weighted by Crippen LogP contribution is -2.41. The van der Waals surface area contributed by atoms with Crippen LogP contribution in [0.4, 0.5) is 0 Å². The normalized spacial score (nSPS) is 23.1. The van der Waals surface area contributed by atoms with E-state index in [1.165, 1.54) is 0 Å². The molecule has 0 N–H and O–H groups in total. The Kier molecular flexibility index (Phi) is 19.8. The maximum absolute atomic E-state index is 9.50. The maximum atomic E-state index is 9.50. The standard InChI is InChI=1S/4C27H29NO3/c4*1-3-8-22(9-4-1)27(23-10-5-2-6-11-23)31-24-12-7-16-28(19-24)17-15-21-13-14-25-26(18-21)30-20-29-25/h4*1-6,8-11,13-14,18,24,27H,7,12,15-17,19-20H2/t4*24-/m1111/s1/i1D,2D,3D,4D,5D,6D,8D,9D,10D,11D,20D2,27D;1D,2D,3D,4D,5D,6D,8D,9D,10D,11D,27D;15D2,20D2;15D2. The van der Waals surface area contributed by atoms with Gasteiger partial charge in [0.15, 0.2) is 46.0 Å². The van der Waals surface area contributed by atoms with Crippen LogP contribution < -0.4 is 37.9 Å². The third kappa shape index (κ3) is 23.8. The smallest absolute Gasteiger partial charge is 0.231 e. The summed E-state index contributed by atoms with van der Waals surface area (Å²) in [5.74, 6) is 3.78. The van der Waals surface area contributed by atoms with E-state index in [9.17, 15) is 2.74 Å². The number of piperidine rings is 4. The van der Waals surface area contributed by atoms with Gasteiger partial charge in [0.1, 0.15) is 29.9 Å². The Hall–Kier alpha value is -11.3. The minimum absolute atomic E-state index is 0.0195. The third-order valence-corrected chi connectivity index (χ3v) is 22.2. The lowest BCUT2D eigenvalue weighted by molar-refractivity contribution is -0.0331. The molecule has 12 aromatic rings. The van der Waals surface area contributed by atoms with Crippen molar-refractivity contribution >= 4 is 0 Å². The summed E-state index contributed by atoms with van der Waals surface area (Å²) < 4.78 is 318. The van der Waals surface area contributed by atoms with E-state index in [1.807, 2.05) is 95.9 Å². The quantitative estimate of drug-likeness (QED) is 0.0462. The van der Waals surface area contributed by atoms with Gasteiger partial charge in [0.2, 0.25) is 27.1 Å². The Labute approximate surface area is 774 Å². The Morgan fingerprint density at radius 3 is 0.895 bits per heavy atom. The van der Waals surface area contributed by atoms with Crippen LogP contribution in [0.5, 0.6) is 46.0 Å². The molecule has 640 valence electrons. The second kappa shape index (κ2) is 43.9. The number of hydrogen-bond acceptors (Lipinski definition) is 16. The van der Waals surface area contributed by atoms with Gasteiger partial charge in [-0.25, -0.2) is 0 Å². The van der Waals surface area contributed by atoms with E-state index in [1.54, 1.807) is 54.6 Å². The van der Waals surface area contributed by atoms with Crippen LogP contribution in [0.15, 0.2) is 315 Å². The summed E-state index contributed by atoms with van der Waals surface area (Å²) in [5.41, 5.74) is 4.93. The number of nitrogens with zero attached hydrogens (tertiary/aromatic N) is 4. The van der Waals surface area contributed by atoms with Crippen LogP contribution in [-0.4, -0.2) is 150 Å². The van der Waals surface area contributed by atoms with Crippen molar-refractivity contribution in [3.63, 3.8) is 0 Å². The molecule has 4 fully saturated rings. The topological polar surface area (TPSA) is 124 Å². The zero-order valence-corrected chi connectivity index (χ0v) is 68.6. The van der Waals surface area contributed by atoms with Crippen LogP contribution in [0.3, 0.4) is 0 Å². The van der Waals surface area contributed by atoms with Crippen molar-refractivity contribution in [1.29, 1.82) is 0 Å². The first-order valence-corrected chi connectivity index (χ1v) is 42.2. The molecule has 0 saturated carbocycles.